The van der Waals surface area contributed by atoms with E-state index < -0.39 is 0 Å². The fourth-order valence-corrected chi connectivity index (χ4v) is 4.59. The summed E-state index contributed by atoms with van der Waals surface area (Å²) in [5.41, 5.74) is 3.98. The highest BCUT2D eigenvalue weighted by molar-refractivity contribution is 7.07. The second kappa shape index (κ2) is 8.08. The number of carbonyl (C=O) groups excluding carboxylic acids is 1. The Kier molecular flexibility index (Phi) is 4.98. The van der Waals surface area contributed by atoms with E-state index in [1.54, 1.807) is 16.7 Å². The third-order valence-corrected chi connectivity index (χ3v) is 6.13. The molecule has 6 heteroatoms. The molecule has 150 valence electrons. The Balaban J connectivity index is 1.69. The van der Waals surface area contributed by atoms with Crippen molar-refractivity contribution in [3.05, 3.63) is 127 Å². The van der Waals surface area contributed by atoms with Gasteiger partial charge < -0.3 is 0 Å². The summed E-state index contributed by atoms with van der Waals surface area (Å²) in [6.07, 6.45) is 2.63. The van der Waals surface area contributed by atoms with Gasteiger partial charge in [-0.05, 0) is 17.2 Å². The highest BCUT2D eigenvalue weighted by Gasteiger charge is 2.28. The molecule has 3 aromatic carbocycles. The lowest BCUT2D eigenvalue weighted by Crippen LogP contribution is -2.40. The Bertz CT molecular complexity index is 1450. The number of benzene rings is 3. The summed E-state index contributed by atoms with van der Waals surface area (Å²) in [6.45, 7) is 0. The van der Waals surface area contributed by atoms with Crippen LogP contribution in [0, 0.1) is 0 Å². The van der Waals surface area contributed by atoms with Gasteiger partial charge in [-0.15, -0.1) is 10.2 Å². The summed E-state index contributed by atoms with van der Waals surface area (Å²) in [6, 6.07) is 26.5. The van der Waals surface area contributed by atoms with Crippen LogP contribution < -0.4 is 14.9 Å². The first kappa shape index (κ1) is 19.1. The minimum Gasteiger partial charge on any atom is -0.298 e. The molecule has 1 atom stereocenters. The molecule has 0 N–H and O–H groups in total. The fourth-order valence-electron chi connectivity index (χ4n) is 3.65. The molecular weight excluding hydrogens is 406 g/mol. The number of aromatic nitrogens is 1. The van der Waals surface area contributed by atoms with Crippen molar-refractivity contribution in [2.24, 2.45) is 10.2 Å². The first-order valence-electron chi connectivity index (χ1n) is 9.79. The number of hydrogen-bond acceptors (Lipinski definition) is 5. The average molecular weight is 423 g/mol. The van der Waals surface area contributed by atoms with Crippen LogP contribution in [0.15, 0.2) is 99.9 Å². The third kappa shape index (κ3) is 3.58. The van der Waals surface area contributed by atoms with Gasteiger partial charge in [0.1, 0.15) is 12.3 Å². The van der Waals surface area contributed by atoms with Crippen LogP contribution in [-0.4, -0.2) is 16.6 Å². The normalized spacial score (nSPS) is 15.7. The van der Waals surface area contributed by atoms with Crippen molar-refractivity contribution in [1.82, 2.24) is 4.57 Å². The van der Waals surface area contributed by atoms with Crippen LogP contribution in [0.4, 0.5) is 0 Å². The highest BCUT2D eigenvalue weighted by atomic mass is 32.1. The maximum atomic E-state index is 13.5. The Labute approximate surface area is 182 Å². The average Bonchev–Trinajstić information content (AvgIpc) is 3.15. The molecule has 1 aliphatic rings. The summed E-state index contributed by atoms with van der Waals surface area (Å²) in [7, 11) is 0. The quantitative estimate of drug-likeness (QED) is 0.473. The molecule has 4 aromatic rings. The predicted octanol–water partition coefficient (Wildman–Crippen LogP) is 3.18. The van der Waals surface area contributed by atoms with E-state index in [1.165, 1.54) is 11.3 Å². The molecule has 0 bridgehead atoms. The van der Waals surface area contributed by atoms with Crippen LogP contribution in [0.2, 0.25) is 0 Å². The smallest absolute Gasteiger partial charge is 0.271 e. The van der Waals surface area contributed by atoms with Crippen molar-refractivity contribution in [3.63, 3.8) is 0 Å². The first-order chi connectivity index (χ1) is 15.2. The molecule has 0 amide bonds. The maximum absolute atomic E-state index is 13.5. The number of rotatable bonds is 4. The zero-order valence-corrected chi connectivity index (χ0v) is 17.2. The van der Waals surface area contributed by atoms with Crippen LogP contribution >= 0.6 is 11.3 Å². The Hall–Kier alpha value is -3.90. The Morgan fingerprint density at radius 2 is 1.45 bits per heavy atom. The standard InChI is InChI=1S/C25H17N3O2S/c29-16-18-13-11-17(12-14-18)15-21-24(30)28-23(20-9-5-2-6-10-20)22(26-27-25(28)31-21)19-7-3-1-4-8-19/h1-16,23H/t23-/m1/s1. The van der Waals surface area contributed by atoms with Crippen molar-refractivity contribution >= 4 is 29.4 Å². The SMILES string of the molecule is O=Cc1ccc(C=c2sc3n(c2=O)[C@H](c2ccccc2)C(c2ccccc2)=NN=3)cc1. The number of carbonyl (C=O) groups is 1. The molecule has 31 heavy (non-hydrogen) atoms. The van der Waals surface area contributed by atoms with Gasteiger partial charge in [0.15, 0.2) is 0 Å². The van der Waals surface area contributed by atoms with Crippen molar-refractivity contribution in [3.8, 4) is 0 Å². The lowest BCUT2D eigenvalue weighted by Gasteiger charge is -2.22. The summed E-state index contributed by atoms with van der Waals surface area (Å²) >= 11 is 1.31. The molecule has 1 aliphatic heterocycles. The molecule has 0 saturated carbocycles. The van der Waals surface area contributed by atoms with Gasteiger partial charge in [0, 0.05) is 11.1 Å². The van der Waals surface area contributed by atoms with Gasteiger partial charge >= 0.3 is 0 Å². The number of aldehydes is 1. The number of thiazole rings is 1. The van der Waals surface area contributed by atoms with Gasteiger partial charge in [0.05, 0.1) is 10.2 Å². The van der Waals surface area contributed by atoms with Gasteiger partial charge in [-0.25, -0.2) is 0 Å². The van der Waals surface area contributed by atoms with Crippen LogP contribution in [0.5, 0.6) is 0 Å². The van der Waals surface area contributed by atoms with E-state index in [4.69, 9.17) is 0 Å². The van der Waals surface area contributed by atoms with E-state index >= 15 is 0 Å². The van der Waals surface area contributed by atoms with E-state index in [1.807, 2.05) is 78.9 Å². The first-order valence-corrected chi connectivity index (χ1v) is 10.6. The van der Waals surface area contributed by atoms with Crippen LogP contribution in [0.25, 0.3) is 6.08 Å². The van der Waals surface area contributed by atoms with E-state index in [2.05, 4.69) is 10.2 Å². The van der Waals surface area contributed by atoms with Crippen LogP contribution in [0.1, 0.15) is 33.1 Å². The van der Waals surface area contributed by atoms with Crippen molar-refractivity contribution in [2.45, 2.75) is 6.04 Å². The highest BCUT2D eigenvalue weighted by Crippen LogP contribution is 2.23. The topological polar surface area (TPSA) is 63.8 Å². The van der Waals surface area contributed by atoms with Crippen molar-refractivity contribution < 1.29 is 4.79 Å². The second-order valence-corrected chi connectivity index (χ2v) is 8.13. The van der Waals surface area contributed by atoms with E-state index in [-0.39, 0.29) is 11.6 Å². The molecule has 2 heterocycles. The van der Waals surface area contributed by atoms with E-state index in [0.717, 1.165) is 28.7 Å². The molecule has 0 spiro atoms. The molecule has 0 aliphatic carbocycles. The van der Waals surface area contributed by atoms with Gasteiger partial charge in [-0.2, -0.15) is 0 Å². The molecule has 0 saturated heterocycles. The lowest BCUT2D eigenvalue weighted by molar-refractivity contribution is 0.112. The monoisotopic (exact) mass is 423 g/mol. The van der Waals surface area contributed by atoms with Crippen molar-refractivity contribution in [1.29, 1.82) is 0 Å². The predicted molar refractivity (Wildman–Crippen MR) is 122 cm³/mol. The second-order valence-electron chi connectivity index (χ2n) is 7.12. The molecule has 0 fully saturated rings. The number of nitrogens with zero attached hydrogens (tertiary/aromatic N) is 3. The van der Waals surface area contributed by atoms with E-state index in [9.17, 15) is 9.59 Å². The van der Waals surface area contributed by atoms with Gasteiger partial charge in [0.25, 0.3) is 5.56 Å². The summed E-state index contributed by atoms with van der Waals surface area (Å²) in [5, 5.41) is 8.90. The zero-order valence-electron chi connectivity index (χ0n) is 16.4. The Morgan fingerprint density at radius 1 is 0.806 bits per heavy atom. The van der Waals surface area contributed by atoms with Crippen LogP contribution in [-0.2, 0) is 0 Å². The maximum Gasteiger partial charge on any atom is 0.271 e. The summed E-state index contributed by atoms with van der Waals surface area (Å²) < 4.78 is 2.30. The van der Waals surface area contributed by atoms with E-state index in [0.29, 0.717) is 14.9 Å². The molecular formula is C25H17N3O2S. The molecule has 0 unspecified atom stereocenters. The molecule has 5 nitrogen and oxygen atoms in total. The molecule has 5 rings (SSSR count). The zero-order chi connectivity index (χ0) is 21.2. The fraction of sp³-hybridized carbons (Fsp3) is 0.0400. The summed E-state index contributed by atoms with van der Waals surface area (Å²) in [4.78, 5) is 24.9. The van der Waals surface area contributed by atoms with Gasteiger partial charge in [-0.3, -0.25) is 14.2 Å². The lowest BCUT2D eigenvalue weighted by atomic mass is 9.96. The largest absolute Gasteiger partial charge is 0.298 e. The van der Waals surface area contributed by atoms with Crippen LogP contribution in [0.3, 0.4) is 0 Å². The third-order valence-electron chi connectivity index (χ3n) is 5.15. The van der Waals surface area contributed by atoms with Gasteiger partial charge in [0.2, 0.25) is 4.80 Å². The minimum atomic E-state index is -0.362. The molecule has 0 radical (unpaired) electrons. The number of hydrogen-bond donors (Lipinski definition) is 0. The number of fused-ring (bicyclic) bond motifs is 1. The minimum absolute atomic E-state index is 0.111. The van der Waals surface area contributed by atoms with Crippen molar-refractivity contribution in [2.75, 3.05) is 0 Å². The van der Waals surface area contributed by atoms with Gasteiger partial charge in [-0.1, -0.05) is 96.3 Å². The Morgan fingerprint density at radius 3 is 2.13 bits per heavy atom. The molecule has 1 aromatic heterocycles. The summed E-state index contributed by atoms with van der Waals surface area (Å²) in [5.74, 6) is 0.